The van der Waals surface area contributed by atoms with Crippen molar-refractivity contribution in [3.8, 4) is 5.75 Å². The van der Waals surface area contributed by atoms with Crippen molar-refractivity contribution in [3.63, 3.8) is 0 Å². The summed E-state index contributed by atoms with van der Waals surface area (Å²) in [4.78, 5) is 24.5. The standard InChI is InChI=1S/C17H24N2O3/c1-5-13(18-10(2)3)17(21)12-6-8-14(22-4)16-11(12)7-9-15(20)19-16/h6,8,10,13,18H,5,7,9H2,1-4H3,(H,19,20). The number of ketones is 1. The minimum atomic E-state index is -0.213. The molecule has 0 bridgehead atoms. The van der Waals surface area contributed by atoms with Gasteiger partial charge in [-0.05, 0) is 30.5 Å². The minimum Gasteiger partial charge on any atom is -0.495 e. The van der Waals surface area contributed by atoms with Gasteiger partial charge in [0, 0.05) is 18.0 Å². The molecular weight excluding hydrogens is 280 g/mol. The Bertz CT molecular complexity index is 582. The van der Waals surface area contributed by atoms with Crippen LogP contribution in [0.5, 0.6) is 5.75 Å². The molecule has 0 fully saturated rings. The zero-order chi connectivity index (χ0) is 16.3. The second kappa shape index (κ2) is 6.92. The first kappa shape index (κ1) is 16.5. The summed E-state index contributed by atoms with van der Waals surface area (Å²) < 4.78 is 5.31. The Balaban J connectivity index is 2.41. The number of rotatable bonds is 6. The molecule has 2 rings (SSSR count). The molecule has 1 unspecified atom stereocenters. The van der Waals surface area contributed by atoms with Crippen LogP contribution in [0.4, 0.5) is 5.69 Å². The normalized spacial score (nSPS) is 15.2. The third-order valence-corrected chi connectivity index (χ3v) is 3.89. The highest BCUT2D eigenvalue weighted by Crippen LogP contribution is 2.35. The molecule has 0 aromatic heterocycles. The van der Waals surface area contributed by atoms with Gasteiger partial charge in [0.1, 0.15) is 5.75 Å². The number of nitrogens with one attached hydrogen (secondary N) is 2. The van der Waals surface area contributed by atoms with E-state index < -0.39 is 0 Å². The zero-order valence-electron chi connectivity index (χ0n) is 13.7. The molecule has 1 aromatic rings. The Morgan fingerprint density at radius 1 is 1.36 bits per heavy atom. The highest BCUT2D eigenvalue weighted by atomic mass is 16.5. The van der Waals surface area contributed by atoms with Gasteiger partial charge < -0.3 is 15.4 Å². The largest absolute Gasteiger partial charge is 0.495 e. The number of benzene rings is 1. The molecule has 0 saturated heterocycles. The first-order valence-electron chi connectivity index (χ1n) is 7.77. The maximum absolute atomic E-state index is 12.8. The Kier molecular flexibility index (Phi) is 5.19. The lowest BCUT2D eigenvalue weighted by atomic mass is 9.91. The summed E-state index contributed by atoms with van der Waals surface area (Å²) in [6.45, 7) is 6.05. The Morgan fingerprint density at radius 3 is 2.68 bits per heavy atom. The fourth-order valence-electron chi connectivity index (χ4n) is 2.83. The van der Waals surface area contributed by atoms with Gasteiger partial charge in [0.15, 0.2) is 5.78 Å². The van der Waals surface area contributed by atoms with Gasteiger partial charge in [0.25, 0.3) is 0 Å². The van der Waals surface area contributed by atoms with Gasteiger partial charge in [-0.2, -0.15) is 0 Å². The Morgan fingerprint density at radius 2 is 2.09 bits per heavy atom. The lowest BCUT2D eigenvalue weighted by Crippen LogP contribution is -2.41. The van der Waals surface area contributed by atoms with Gasteiger partial charge in [-0.25, -0.2) is 0 Å². The van der Waals surface area contributed by atoms with Gasteiger partial charge in [-0.1, -0.05) is 20.8 Å². The Labute approximate surface area is 131 Å². The predicted octanol–water partition coefficient (Wildman–Crippen LogP) is 2.54. The molecule has 1 heterocycles. The lowest BCUT2D eigenvalue weighted by Gasteiger charge is -2.24. The molecule has 1 amide bonds. The molecular formula is C17H24N2O3. The van der Waals surface area contributed by atoms with E-state index in [2.05, 4.69) is 10.6 Å². The average Bonchev–Trinajstić information content (AvgIpc) is 2.50. The van der Waals surface area contributed by atoms with E-state index in [0.717, 1.165) is 12.0 Å². The summed E-state index contributed by atoms with van der Waals surface area (Å²) >= 11 is 0. The van der Waals surface area contributed by atoms with Crippen molar-refractivity contribution >= 4 is 17.4 Å². The predicted molar refractivity (Wildman–Crippen MR) is 86.6 cm³/mol. The molecule has 5 nitrogen and oxygen atoms in total. The van der Waals surface area contributed by atoms with E-state index in [-0.39, 0.29) is 23.8 Å². The highest BCUT2D eigenvalue weighted by molar-refractivity contribution is 6.05. The number of Topliss-reactive ketones (excluding diaryl/α,β-unsaturated/α-hetero) is 1. The Hall–Kier alpha value is -1.88. The maximum Gasteiger partial charge on any atom is 0.224 e. The number of ether oxygens (including phenoxy) is 1. The number of carbonyl (C=O) groups excluding carboxylic acids is 2. The number of carbonyl (C=O) groups is 2. The van der Waals surface area contributed by atoms with Crippen LogP contribution >= 0.6 is 0 Å². The van der Waals surface area contributed by atoms with E-state index in [0.29, 0.717) is 29.8 Å². The molecule has 1 aliphatic rings. The van der Waals surface area contributed by atoms with Gasteiger partial charge in [-0.3, -0.25) is 9.59 Å². The zero-order valence-corrected chi connectivity index (χ0v) is 13.7. The van der Waals surface area contributed by atoms with Crippen LogP contribution in [0.1, 0.15) is 49.5 Å². The van der Waals surface area contributed by atoms with Crippen LogP contribution in [0.3, 0.4) is 0 Å². The van der Waals surface area contributed by atoms with E-state index in [1.807, 2.05) is 26.8 Å². The summed E-state index contributed by atoms with van der Waals surface area (Å²) in [7, 11) is 1.56. The fourth-order valence-corrected chi connectivity index (χ4v) is 2.83. The average molecular weight is 304 g/mol. The molecule has 5 heteroatoms. The minimum absolute atomic E-state index is 0.0391. The van der Waals surface area contributed by atoms with Gasteiger partial charge in [-0.15, -0.1) is 0 Å². The van der Waals surface area contributed by atoms with Crippen molar-refractivity contribution in [2.75, 3.05) is 12.4 Å². The highest BCUT2D eigenvalue weighted by Gasteiger charge is 2.27. The van der Waals surface area contributed by atoms with Crippen LogP contribution in [0.15, 0.2) is 12.1 Å². The van der Waals surface area contributed by atoms with Crippen LogP contribution in [0.2, 0.25) is 0 Å². The van der Waals surface area contributed by atoms with Gasteiger partial charge in [0.2, 0.25) is 5.91 Å². The summed E-state index contributed by atoms with van der Waals surface area (Å²) in [5.74, 6) is 0.637. The number of anilines is 1. The molecule has 0 saturated carbocycles. The number of hydrogen-bond donors (Lipinski definition) is 2. The van der Waals surface area contributed by atoms with Gasteiger partial charge in [0.05, 0.1) is 18.8 Å². The second-order valence-corrected chi connectivity index (χ2v) is 5.86. The third kappa shape index (κ3) is 3.30. The first-order chi connectivity index (χ1) is 10.5. The molecule has 0 aliphatic carbocycles. The summed E-state index contributed by atoms with van der Waals surface area (Å²) in [6, 6.07) is 3.58. The van der Waals surface area contributed by atoms with E-state index in [1.54, 1.807) is 13.2 Å². The van der Waals surface area contributed by atoms with E-state index >= 15 is 0 Å². The summed E-state index contributed by atoms with van der Waals surface area (Å²) in [6.07, 6.45) is 1.69. The quantitative estimate of drug-likeness (QED) is 0.793. The van der Waals surface area contributed by atoms with E-state index in [9.17, 15) is 9.59 Å². The number of amides is 1. The smallest absolute Gasteiger partial charge is 0.224 e. The van der Waals surface area contributed by atoms with Crippen molar-refractivity contribution in [1.29, 1.82) is 0 Å². The molecule has 0 spiro atoms. The van der Waals surface area contributed by atoms with Crippen LogP contribution in [0, 0.1) is 0 Å². The number of hydrogen-bond acceptors (Lipinski definition) is 4. The van der Waals surface area contributed by atoms with E-state index in [1.165, 1.54) is 0 Å². The maximum atomic E-state index is 12.8. The molecule has 1 atom stereocenters. The number of methoxy groups -OCH3 is 1. The molecule has 22 heavy (non-hydrogen) atoms. The van der Waals surface area contributed by atoms with Crippen LogP contribution < -0.4 is 15.4 Å². The monoisotopic (exact) mass is 304 g/mol. The molecule has 120 valence electrons. The van der Waals surface area contributed by atoms with E-state index in [4.69, 9.17) is 4.74 Å². The molecule has 1 aromatic carbocycles. The van der Waals surface area contributed by atoms with Crippen molar-refractivity contribution in [2.45, 2.75) is 52.1 Å². The third-order valence-electron chi connectivity index (χ3n) is 3.89. The lowest BCUT2D eigenvalue weighted by molar-refractivity contribution is -0.116. The van der Waals surface area contributed by atoms with Crippen molar-refractivity contribution < 1.29 is 14.3 Å². The summed E-state index contributed by atoms with van der Waals surface area (Å²) in [5.41, 5.74) is 2.20. The van der Waals surface area contributed by atoms with Gasteiger partial charge >= 0.3 is 0 Å². The van der Waals surface area contributed by atoms with Crippen molar-refractivity contribution in [3.05, 3.63) is 23.3 Å². The topological polar surface area (TPSA) is 67.4 Å². The number of fused-ring (bicyclic) bond motifs is 1. The van der Waals surface area contributed by atoms with Crippen LogP contribution in [0.25, 0.3) is 0 Å². The summed E-state index contributed by atoms with van der Waals surface area (Å²) in [5, 5.41) is 6.14. The molecule has 1 aliphatic heterocycles. The van der Waals surface area contributed by atoms with Crippen LogP contribution in [-0.2, 0) is 11.2 Å². The van der Waals surface area contributed by atoms with Crippen molar-refractivity contribution in [2.24, 2.45) is 0 Å². The second-order valence-electron chi connectivity index (χ2n) is 5.86. The molecule has 2 N–H and O–H groups in total. The van der Waals surface area contributed by atoms with Crippen molar-refractivity contribution in [1.82, 2.24) is 5.32 Å². The fraction of sp³-hybridized carbons (Fsp3) is 0.529. The molecule has 0 radical (unpaired) electrons. The first-order valence-corrected chi connectivity index (χ1v) is 7.77. The van der Waals surface area contributed by atoms with Crippen LogP contribution in [-0.4, -0.2) is 30.9 Å². The SMILES string of the molecule is CCC(NC(C)C)C(=O)c1ccc(OC)c2c1CCC(=O)N2.